The molecule has 0 aliphatic rings. The molecule has 0 aliphatic carbocycles. The lowest BCUT2D eigenvalue weighted by molar-refractivity contribution is -0.116. The van der Waals surface area contributed by atoms with E-state index >= 15 is 0 Å². The third-order valence-corrected chi connectivity index (χ3v) is 2.12. The van der Waals surface area contributed by atoms with Crippen LogP contribution < -0.4 is 10.9 Å². The van der Waals surface area contributed by atoms with Crippen LogP contribution in [0.25, 0.3) is 0 Å². The maximum absolute atomic E-state index is 11.6. The van der Waals surface area contributed by atoms with E-state index in [0.29, 0.717) is 5.56 Å². The zero-order valence-electron chi connectivity index (χ0n) is 9.04. The number of aryl methyl sites for hydroxylation is 1. The van der Waals surface area contributed by atoms with Crippen molar-refractivity contribution in [1.29, 1.82) is 0 Å². The van der Waals surface area contributed by atoms with Crippen LogP contribution in [0.2, 0.25) is 0 Å². The van der Waals surface area contributed by atoms with E-state index in [1.54, 1.807) is 25.3 Å². The SMILES string of the molecule is Cc1cccn(CC(=O)Nc2nn[nH]n2)c1=O. The Kier molecular flexibility index (Phi) is 2.95. The van der Waals surface area contributed by atoms with Crippen molar-refractivity contribution in [2.45, 2.75) is 13.5 Å². The van der Waals surface area contributed by atoms with Crippen molar-refractivity contribution in [3.63, 3.8) is 0 Å². The van der Waals surface area contributed by atoms with Crippen molar-refractivity contribution in [3.05, 3.63) is 34.2 Å². The lowest BCUT2D eigenvalue weighted by Gasteiger charge is -2.05. The lowest BCUT2D eigenvalue weighted by atomic mass is 10.3. The summed E-state index contributed by atoms with van der Waals surface area (Å²) in [4.78, 5) is 23.2. The van der Waals surface area contributed by atoms with Gasteiger partial charge in [-0.3, -0.25) is 14.9 Å². The summed E-state index contributed by atoms with van der Waals surface area (Å²) in [6.07, 6.45) is 1.55. The fraction of sp³-hybridized carbons (Fsp3) is 0.222. The first-order chi connectivity index (χ1) is 8.16. The van der Waals surface area contributed by atoms with Gasteiger partial charge in [0.1, 0.15) is 6.54 Å². The van der Waals surface area contributed by atoms with Crippen LogP contribution in [0, 0.1) is 6.92 Å². The Balaban J connectivity index is 2.08. The van der Waals surface area contributed by atoms with Crippen molar-refractivity contribution < 1.29 is 4.79 Å². The monoisotopic (exact) mass is 234 g/mol. The molecule has 0 saturated carbocycles. The predicted octanol–water partition coefficient (Wildman–Crippen LogP) is -0.691. The summed E-state index contributed by atoms with van der Waals surface area (Å²) in [6, 6.07) is 3.40. The molecule has 0 bridgehead atoms. The normalized spacial score (nSPS) is 10.2. The van der Waals surface area contributed by atoms with Gasteiger partial charge in [-0.25, -0.2) is 0 Å². The van der Waals surface area contributed by atoms with E-state index in [1.807, 2.05) is 0 Å². The van der Waals surface area contributed by atoms with Gasteiger partial charge in [0, 0.05) is 11.8 Å². The molecular formula is C9H10N6O2. The first-order valence-corrected chi connectivity index (χ1v) is 4.86. The number of hydrogen-bond acceptors (Lipinski definition) is 5. The number of aromatic amines is 1. The van der Waals surface area contributed by atoms with Gasteiger partial charge >= 0.3 is 0 Å². The van der Waals surface area contributed by atoms with Gasteiger partial charge in [-0.1, -0.05) is 11.2 Å². The quantitative estimate of drug-likeness (QED) is 0.731. The largest absolute Gasteiger partial charge is 0.306 e. The Morgan fingerprint density at radius 1 is 1.59 bits per heavy atom. The van der Waals surface area contributed by atoms with Crippen LogP contribution in [-0.2, 0) is 11.3 Å². The van der Waals surface area contributed by atoms with Crippen molar-refractivity contribution in [2.24, 2.45) is 0 Å². The zero-order valence-corrected chi connectivity index (χ0v) is 9.04. The highest BCUT2D eigenvalue weighted by Gasteiger charge is 2.07. The van der Waals surface area contributed by atoms with Gasteiger partial charge in [0.15, 0.2) is 0 Å². The number of carbonyl (C=O) groups excluding carboxylic acids is 1. The summed E-state index contributed by atoms with van der Waals surface area (Å²) in [5, 5.41) is 15.0. The van der Waals surface area contributed by atoms with E-state index < -0.39 is 0 Å². The number of nitrogens with one attached hydrogen (secondary N) is 2. The molecule has 8 nitrogen and oxygen atoms in total. The number of H-pyrrole nitrogens is 1. The number of hydrogen-bond donors (Lipinski definition) is 2. The molecule has 2 N–H and O–H groups in total. The zero-order chi connectivity index (χ0) is 12.3. The maximum atomic E-state index is 11.6. The molecule has 0 fully saturated rings. The second-order valence-electron chi connectivity index (χ2n) is 3.41. The molecule has 88 valence electrons. The van der Waals surface area contributed by atoms with Gasteiger partial charge in [0.2, 0.25) is 5.91 Å². The average molecular weight is 234 g/mol. The van der Waals surface area contributed by atoms with Gasteiger partial charge in [-0.15, -0.1) is 5.10 Å². The van der Waals surface area contributed by atoms with Gasteiger partial charge in [-0.2, -0.15) is 5.21 Å². The molecule has 0 atom stereocenters. The van der Waals surface area contributed by atoms with Crippen LogP contribution in [0.5, 0.6) is 0 Å². The van der Waals surface area contributed by atoms with E-state index in [4.69, 9.17) is 0 Å². The Bertz CT molecular complexity index is 573. The molecule has 0 spiro atoms. The predicted molar refractivity (Wildman–Crippen MR) is 58.2 cm³/mol. The Morgan fingerprint density at radius 3 is 3.12 bits per heavy atom. The average Bonchev–Trinajstić information content (AvgIpc) is 2.77. The van der Waals surface area contributed by atoms with Crippen molar-refractivity contribution in [2.75, 3.05) is 5.32 Å². The minimum atomic E-state index is -0.390. The van der Waals surface area contributed by atoms with E-state index in [2.05, 4.69) is 25.9 Å². The Morgan fingerprint density at radius 2 is 2.41 bits per heavy atom. The van der Waals surface area contributed by atoms with Gasteiger partial charge in [0.05, 0.1) is 0 Å². The van der Waals surface area contributed by atoms with Crippen molar-refractivity contribution in [1.82, 2.24) is 25.2 Å². The molecule has 17 heavy (non-hydrogen) atoms. The first kappa shape index (κ1) is 11.0. The highest BCUT2D eigenvalue weighted by atomic mass is 16.2. The number of tetrazole rings is 1. The number of pyridine rings is 1. The summed E-state index contributed by atoms with van der Waals surface area (Å²) < 4.78 is 1.31. The first-order valence-electron chi connectivity index (χ1n) is 4.86. The van der Waals surface area contributed by atoms with Gasteiger partial charge < -0.3 is 4.57 Å². The highest BCUT2D eigenvalue weighted by Crippen LogP contribution is 1.93. The molecule has 0 unspecified atom stereocenters. The summed E-state index contributed by atoms with van der Waals surface area (Å²) >= 11 is 0. The third kappa shape index (κ3) is 2.54. The van der Waals surface area contributed by atoms with Crippen molar-refractivity contribution in [3.8, 4) is 0 Å². The van der Waals surface area contributed by atoms with E-state index in [9.17, 15) is 9.59 Å². The Hall–Kier alpha value is -2.51. The summed E-state index contributed by atoms with van der Waals surface area (Å²) in [6.45, 7) is 1.60. The molecule has 2 heterocycles. The lowest BCUT2D eigenvalue weighted by Crippen LogP contribution is -2.28. The van der Waals surface area contributed by atoms with Crippen LogP contribution in [-0.4, -0.2) is 31.1 Å². The molecular weight excluding hydrogens is 224 g/mol. The number of amides is 1. The second-order valence-corrected chi connectivity index (χ2v) is 3.41. The third-order valence-electron chi connectivity index (χ3n) is 2.12. The van der Waals surface area contributed by atoms with Crippen LogP contribution in [0.1, 0.15) is 5.56 Å². The van der Waals surface area contributed by atoms with E-state index in [0.717, 1.165) is 0 Å². The molecule has 0 radical (unpaired) electrons. The second kappa shape index (κ2) is 4.56. The topological polar surface area (TPSA) is 106 Å². The highest BCUT2D eigenvalue weighted by molar-refractivity contribution is 5.88. The van der Waals surface area contributed by atoms with Crippen LogP contribution >= 0.6 is 0 Å². The summed E-state index contributed by atoms with van der Waals surface area (Å²) in [7, 11) is 0. The Labute approximate surface area is 95.7 Å². The number of nitrogens with zero attached hydrogens (tertiary/aromatic N) is 4. The number of rotatable bonds is 3. The van der Waals surface area contributed by atoms with Gasteiger partial charge in [-0.05, 0) is 18.2 Å². The fourth-order valence-electron chi connectivity index (χ4n) is 1.31. The maximum Gasteiger partial charge on any atom is 0.269 e. The van der Waals surface area contributed by atoms with E-state index in [1.165, 1.54) is 4.57 Å². The summed E-state index contributed by atoms with van der Waals surface area (Å²) in [5.74, 6) is -0.310. The van der Waals surface area contributed by atoms with Crippen LogP contribution in [0.15, 0.2) is 23.1 Å². The van der Waals surface area contributed by atoms with Crippen molar-refractivity contribution >= 4 is 11.9 Å². The molecule has 8 heteroatoms. The number of anilines is 1. The van der Waals surface area contributed by atoms with Gasteiger partial charge in [0.25, 0.3) is 11.5 Å². The minimum absolute atomic E-state index is 0.0794. The summed E-state index contributed by atoms with van der Waals surface area (Å²) in [5.41, 5.74) is 0.385. The fourth-order valence-corrected chi connectivity index (χ4v) is 1.31. The smallest absolute Gasteiger partial charge is 0.269 e. The molecule has 1 amide bonds. The number of aromatic nitrogens is 5. The molecule has 0 aromatic carbocycles. The van der Waals surface area contributed by atoms with Crippen LogP contribution in [0.3, 0.4) is 0 Å². The van der Waals surface area contributed by atoms with Crippen LogP contribution in [0.4, 0.5) is 5.95 Å². The minimum Gasteiger partial charge on any atom is -0.306 e. The molecule has 2 rings (SSSR count). The molecule has 0 saturated heterocycles. The standard InChI is InChI=1S/C9H10N6O2/c1-6-3-2-4-15(8(6)17)5-7(16)10-9-11-13-14-12-9/h2-4H,5H2,1H3,(H2,10,11,12,13,14,16). The molecule has 2 aromatic heterocycles. The van der Waals surface area contributed by atoms with E-state index in [-0.39, 0.29) is 24.0 Å². The molecule has 2 aromatic rings. The number of carbonyl (C=O) groups is 1. The molecule has 0 aliphatic heterocycles.